The molecule has 6 nitrogen and oxygen atoms in total. The van der Waals surface area contributed by atoms with Crippen molar-refractivity contribution in [2.75, 3.05) is 37.4 Å². The molecule has 2 rings (SSSR count). The number of nitrogens with zero attached hydrogens (tertiary/aromatic N) is 1. The molecule has 2 aromatic rings. The molecule has 0 aliphatic carbocycles. The number of anilines is 2. The van der Waals surface area contributed by atoms with Crippen LogP contribution in [0.5, 0.6) is 5.75 Å². The molecule has 0 bridgehead atoms. The second kappa shape index (κ2) is 9.73. The quantitative estimate of drug-likeness (QED) is 0.750. The lowest BCUT2D eigenvalue weighted by Gasteiger charge is -2.20. The smallest absolute Gasteiger partial charge is 0.238 e. The van der Waals surface area contributed by atoms with E-state index in [9.17, 15) is 9.59 Å². The van der Waals surface area contributed by atoms with Gasteiger partial charge in [0.25, 0.3) is 0 Å². The van der Waals surface area contributed by atoms with Crippen molar-refractivity contribution in [3.8, 4) is 5.75 Å². The molecule has 0 unspecified atom stereocenters. The summed E-state index contributed by atoms with van der Waals surface area (Å²) >= 11 is 0. The summed E-state index contributed by atoms with van der Waals surface area (Å²) in [5.74, 6) is 0.256. The summed E-state index contributed by atoms with van der Waals surface area (Å²) in [6, 6.07) is 13.0. The third-order valence-electron chi connectivity index (χ3n) is 4.35. The predicted molar refractivity (Wildman–Crippen MR) is 108 cm³/mol. The lowest BCUT2D eigenvalue weighted by atomic mass is 10.1. The largest absolute Gasteiger partial charge is 0.495 e. The average molecular weight is 369 g/mol. The maximum atomic E-state index is 12.3. The maximum Gasteiger partial charge on any atom is 0.238 e. The highest BCUT2D eigenvalue weighted by molar-refractivity contribution is 5.95. The lowest BCUT2D eigenvalue weighted by Crippen LogP contribution is -2.38. The van der Waals surface area contributed by atoms with Crippen molar-refractivity contribution in [1.29, 1.82) is 0 Å². The van der Waals surface area contributed by atoms with E-state index < -0.39 is 0 Å². The minimum Gasteiger partial charge on any atom is -0.495 e. The van der Waals surface area contributed by atoms with Gasteiger partial charge in [-0.1, -0.05) is 25.1 Å². The zero-order valence-electron chi connectivity index (χ0n) is 16.3. The highest BCUT2D eigenvalue weighted by Gasteiger charge is 2.15. The fourth-order valence-electron chi connectivity index (χ4n) is 2.64. The van der Waals surface area contributed by atoms with Crippen LogP contribution in [0.2, 0.25) is 0 Å². The third-order valence-corrected chi connectivity index (χ3v) is 4.35. The molecule has 0 spiro atoms. The molecule has 0 radical (unpaired) electrons. The monoisotopic (exact) mass is 369 g/mol. The number of rotatable bonds is 8. The number of hydrogen-bond acceptors (Lipinski definition) is 4. The summed E-state index contributed by atoms with van der Waals surface area (Å²) in [7, 11) is 1.56. The van der Waals surface area contributed by atoms with E-state index in [1.807, 2.05) is 51.1 Å². The molecule has 6 heteroatoms. The van der Waals surface area contributed by atoms with Crippen LogP contribution in [0.3, 0.4) is 0 Å². The van der Waals surface area contributed by atoms with Gasteiger partial charge in [0.05, 0.1) is 25.9 Å². The number of nitrogens with one attached hydrogen (secondary N) is 2. The highest BCUT2D eigenvalue weighted by Crippen LogP contribution is 2.22. The number of carbonyl (C=O) groups excluding carboxylic acids is 2. The Morgan fingerprint density at radius 3 is 2.26 bits per heavy atom. The molecular formula is C21H27N3O3. The van der Waals surface area contributed by atoms with Gasteiger partial charge in [0, 0.05) is 5.69 Å². The summed E-state index contributed by atoms with van der Waals surface area (Å²) in [6.45, 7) is 6.79. The van der Waals surface area contributed by atoms with Gasteiger partial charge in [-0.25, -0.2) is 0 Å². The SMILES string of the molecule is CCN(CC(=O)Nc1ccc(C)c(C)c1)CC(=O)Nc1ccccc1OC. The number of methoxy groups -OCH3 is 1. The molecule has 2 amide bonds. The lowest BCUT2D eigenvalue weighted by molar-refractivity contribution is -0.119. The molecule has 0 heterocycles. The molecule has 0 aromatic heterocycles. The topological polar surface area (TPSA) is 70.7 Å². The van der Waals surface area contributed by atoms with E-state index in [4.69, 9.17) is 4.74 Å². The molecule has 0 aliphatic rings. The Morgan fingerprint density at radius 1 is 0.963 bits per heavy atom. The van der Waals surface area contributed by atoms with Gasteiger partial charge in [-0.15, -0.1) is 0 Å². The molecule has 27 heavy (non-hydrogen) atoms. The van der Waals surface area contributed by atoms with E-state index in [1.54, 1.807) is 24.1 Å². The second-order valence-electron chi connectivity index (χ2n) is 6.40. The summed E-state index contributed by atoms with van der Waals surface area (Å²) in [6.07, 6.45) is 0. The molecule has 144 valence electrons. The van der Waals surface area contributed by atoms with Crippen LogP contribution in [-0.2, 0) is 9.59 Å². The minimum absolute atomic E-state index is 0.120. The molecule has 0 saturated heterocycles. The van der Waals surface area contributed by atoms with Gasteiger partial charge < -0.3 is 15.4 Å². The Hall–Kier alpha value is -2.86. The van der Waals surface area contributed by atoms with Gasteiger partial charge in [0.1, 0.15) is 5.75 Å². The summed E-state index contributed by atoms with van der Waals surface area (Å²) in [5, 5.41) is 5.71. The first-order valence-electron chi connectivity index (χ1n) is 8.95. The van der Waals surface area contributed by atoms with Crippen LogP contribution in [0, 0.1) is 13.8 Å². The second-order valence-corrected chi connectivity index (χ2v) is 6.40. The number of benzene rings is 2. The minimum atomic E-state index is -0.194. The molecule has 0 atom stereocenters. The normalized spacial score (nSPS) is 10.6. The van der Waals surface area contributed by atoms with Crippen LogP contribution < -0.4 is 15.4 Å². The van der Waals surface area contributed by atoms with E-state index >= 15 is 0 Å². The van der Waals surface area contributed by atoms with E-state index in [2.05, 4.69) is 10.6 Å². The van der Waals surface area contributed by atoms with Crippen LogP contribution in [0.4, 0.5) is 11.4 Å². The third kappa shape index (κ3) is 6.11. The van der Waals surface area contributed by atoms with Gasteiger partial charge >= 0.3 is 0 Å². The maximum absolute atomic E-state index is 12.3. The molecule has 0 fully saturated rings. The van der Waals surface area contributed by atoms with E-state index in [-0.39, 0.29) is 24.9 Å². The summed E-state index contributed by atoms with van der Waals surface area (Å²) in [4.78, 5) is 26.4. The van der Waals surface area contributed by atoms with E-state index in [0.717, 1.165) is 11.3 Å². The molecule has 2 N–H and O–H groups in total. The number of amides is 2. The Balaban J connectivity index is 1.91. The standard InChI is InChI=1S/C21H27N3O3/c1-5-24(13-20(25)22-17-11-10-15(2)16(3)12-17)14-21(26)23-18-8-6-7-9-19(18)27-4/h6-12H,5,13-14H2,1-4H3,(H,22,25)(H,23,26). The van der Waals surface area contributed by atoms with Crippen molar-refractivity contribution in [1.82, 2.24) is 4.90 Å². The highest BCUT2D eigenvalue weighted by atomic mass is 16.5. The molecule has 0 saturated carbocycles. The van der Waals surface area contributed by atoms with Crippen molar-refractivity contribution in [2.45, 2.75) is 20.8 Å². The van der Waals surface area contributed by atoms with Crippen LogP contribution in [-0.4, -0.2) is 43.5 Å². The Morgan fingerprint density at radius 2 is 1.63 bits per heavy atom. The number of aryl methyl sites for hydroxylation is 2. The first kappa shape index (κ1) is 20.5. The first-order chi connectivity index (χ1) is 12.9. The Kier molecular flexibility index (Phi) is 7.37. The van der Waals surface area contributed by atoms with Crippen molar-refractivity contribution in [2.24, 2.45) is 0 Å². The zero-order valence-corrected chi connectivity index (χ0v) is 16.3. The number of carbonyl (C=O) groups is 2. The molecule has 0 aliphatic heterocycles. The Labute approximate surface area is 160 Å². The van der Waals surface area contributed by atoms with Gasteiger partial charge in [0.2, 0.25) is 11.8 Å². The fourth-order valence-corrected chi connectivity index (χ4v) is 2.64. The van der Waals surface area contributed by atoms with Gasteiger partial charge in [-0.3, -0.25) is 14.5 Å². The molecular weight excluding hydrogens is 342 g/mol. The van der Waals surface area contributed by atoms with Gasteiger partial charge in [-0.05, 0) is 55.8 Å². The van der Waals surface area contributed by atoms with Crippen molar-refractivity contribution in [3.05, 3.63) is 53.6 Å². The Bertz CT molecular complexity index is 805. The van der Waals surface area contributed by atoms with Gasteiger partial charge in [-0.2, -0.15) is 0 Å². The fraction of sp³-hybridized carbons (Fsp3) is 0.333. The number of likely N-dealkylation sites (N-methyl/N-ethyl adjacent to an activating group) is 1. The van der Waals surface area contributed by atoms with Gasteiger partial charge in [0.15, 0.2) is 0 Å². The van der Waals surface area contributed by atoms with Crippen molar-refractivity contribution in [3.63, 3.8) is 0 Å². The summed E-state index contributed by atoms with van der Waals surface area (Å²) < 4.78 is 5.23. The van der Waals surface area contributed by atoms with Crippen molar-refractivity contribution >= 4 is 23.2 Å². The van der Waals surface area contributed by atoms with E-state index in [0.29, 0.717) is 18.0 Å². The number of hydrogen-bond donors (Lipinski definition) is 2. The van der Waals surface area contributed by atoms with E-state index in [1.165, 1.54) is 5.56 Å². The van der Waals surface area contributed by atoms with Crippen LogP contribution in [0.15, 0.2) is 42.5 Å². The average Bonchev–Trinajstić information content (AvgIpc) is 2.64. The number of ether oxygens (including phenoxy) is 1. The number of para-hydroxylation sites is 2. The first-order valence-corrected chi connectivity index (χ1v) is 8.95. The zero-order chi connectivity index (χ0) is 19.8. The van der Waals surface area contributed by atoms with Crippen LogP contribution >= 0.6 is 0 Å². The molecule has 2 aromatic carbocycles. The predicted octanol–water partition coefficient (Wildman–Crippen LogP) is 3.21. The summed E-state index contributed by atoms with van der Waals surface area (Å²) in [5.41, 5.74) is 3.67. The van der Waals surface area contributed by atoms with Crippen molar-refractivity contribution < 1.29 is 14.3 Å². The van der Waals surface area contributed by atoms with Crippen LogP contribution in [0.25, 0.3) is 0 Å². The van der Waals surface area contributed by atoms with Crippen LogP contribution in [0.1, 0.15) is 18.1 Å².